The first-order valence-electron chi connectivity index (χ1n) is 6.11. The van der Waals surface area contributed by atoms with Crippen LogP contribution in [0.4, 0.5) is 5.82 Å². The van der Waals surface area contributed by atoms with Crippen molar-refractivity contribution in [2.24, 2.45) is 0 Å². The molecule has 0 amide bonds. The standard InChI is InChI=1S/C15H18N2O/c1-11(12-6-3-2-4-7-12)14(18)10-13-8-5-9-17-15(13)16/h2-9,11,14,18H,10H2,1H3,(H2,16,17). The third-order valence-electron chi connectivity index (χ3n) is 3.26. The average molecular weight is 242 g/mol. The molecule has 18 heavy (non-hydrogen) atoms. The summed E-state index contributed by atoms with van der Waals surface area (Å²) in [5.74, 6) is 0.572. The lowest BCUT2D eigenvalue weighted by molar-refractivity contribution is 0.149. The lowest BCUT2D eigenvalue weighted by Crippen LogP contribution is -2.19. The summed E-state index contributed by atoms with van der Waals surface area (Å²) in [6.45, 7) is 2.02. The van der Waals surface area contributed by atoms with E-state index in [0.717, 1.165) is 11.1 Å². The van der Waals surface area contributed by atoms with Gasteiger partial charge in [0.15, 0.2) is 0 Å². The number of pyridine rings is 1. The van der Waals surface area contributed by atoms with Crippen LogP contribution in [0.25, 0.3) is 0 Å². The van der Waals surface area contributed by atoms with E-state index in [4.69, 9.17) is 5.73 Å². The molecule has 0 spiro atoms. The number of aromatic nitrogens is 1. The van der Waals surface area contributed by atoms with Gasteiger partial charge in [-0.15, -0.1) is 0 Å². The highest BCUT2D eigenvalue weighted by atomic mass is 16.3. The molecule has 0 radical (unpaired) electrons. The van der Waals surface area contributed by atoms with Crippen LogP contribution in [0.5, 0.6) is 0 Å². The van der Waals surface area contributed by atoms with E-state index in [1.54, 1.807) is 6.20 Å². The highest BCUT2D eigenvalue weighted by Crippen LogP contribution is 2.22. The number of hydrogen-bond donors (Lipinski definition) is 2. The SMILES string of the molecule is CC(c1ccccc1)C(O)Cc1cccnc1N. The number of aliphatic hydroxyl groups excluding tert-OH is 1. The van der Waals surface area contributed by atoms with Gasteiger partial charge in [-0.25, -0.2) is 4.98 Å². The third-order valence-corrected chi connectivity index (χ3v) is 3.26. The number of nitrogens with two attached hydrogens (primary N) is 1. The Morgan fingerprint density at radius 1 is 1.17 bits per heavy atom. The maximum atomic E-state index is 10.3. The summed E-state index contributed by atoms with van der Waals surface area (Å²) in [4.78, 5) is 4.03. The smallest absolute Gasteiger partial charge is 0.126 e. The highest BCUT2D eigenvalue weighted by molar-refractivity contribution is 5.39. The van der Waals surface area contributed by atoms with Crippen LogP contribution >= 0.6 is 0 Å². The Labute approximate surface area is 107 Å². The number of aliphatic hydroxyl groups is 1. The average Bonchev–Trinajstić information content (AvgIpc) is 2.41. The first-order chi connectivity index (χ1) is 8.68. The van der Waals surface area contributed by atoms with E-state index in [2.05, 4.69) is 4.98 Å². The zero-order valence-electron chi connectivity index (χ0n) is 10.5. The maximum Gasteiger partial charge on any atom is 0.126 e. The van der Waals surface area contributed by atoms with Gasteiger partial charge in [0.2, 0.25) is 0 Å². The van der Waals surface area contributed by atoms with Gasteiger partial charge in [-0.3, -0.25) is 0 Å². The molecule has 1 heterocycles. The first kappa shape index (κ1) is 12.6. The second kappa shape index (κ2) is 5.65. The van der Waals surface area contributed by atoms with E-state index in [-0.39, 0.29) is 5.92 Å². The fourth-order valence-corrected chi connectivity index (χ4v) is 2.00. The molecule has 94 valence electrons. The van der Waals surface area contributed by atoms with Crippen LogP contribution in [0.3, 0.4) is 0 Å². The van der Waals surface area contributed by atoms with Crippen LogP contribution < -0.4 is 5.73 Å². The molecule has 0 aliphatic heterocycles. The molecular formula is C15H18N2O. The molecule has 0 fully saturated rings. The zero-order chi connectivity index (χ0) is 13.0. The second-order valence-electron chi connectivity index (χ2n) is 4.52. The third kappa shape index (κ3) is 2.87. The first-order valence-corrected chi connectivity index (χ1v) is 6.11. The monoisotopic (exact) mass is 242 g/mol. The molecule has 2 atom stereocenters. The fraction of sp³-hybridized carbons (Fsp3) is 0.267. The van der Waals surface area contributed by atoms with Gasteiger partial charge in [-0.1, -0.05) is 43.3 Å². The quantitative estimate of drug-likeness (QED) is 0.865. The molecule has 0 saturated carbocycles. The van der Waals surface area contributed by atoms with Crippen molar-refractivity contribution < 1.29 is 5.11 Å². The molecule has 2 rings (SSSR count). The molecule has 0 bridgehead atoms. The van der Waals surface area contributed by atoms with E-state index >= 15 is 0 Å². The molecule has 0 saturated heterocycles. The predicted molar refractivity (Wildman–Crippen MR) is 73.2 cm³/mol. The van der Waals surface area contributed by atoms with Crippen molar-refractivity contribution in [3.8, 4) is 0 Å². The van der Waals surface area contributed by atoms with Crippen molar-refractivity contribution in [3.63, 3.8) is 0 Å². The van der Waals surface area contributed by atoms with E-state index in [0.29, 0.717) is 12.2 Å². The van der Waals surface area contributed by atoms with Crippen LogP contribution in [0.1, 0.15) is 24.0 Å². The maximum absolute atomic E-state index is 10.3. The van der Waals surface area contributed by atoms with Crippen LogP contribution in [0, 0.1) is 0 Å². The summed E-state index contributed by atoms with van der Waals surface area (Å²) in [5, 5.41) is 10.3. The molecule has 3 nitrogen and oxygen atoms in total. The van der Waals surface area contributed by atoms with E-state index in [1.165, 1.54) is 0 Å². The highest BCUT2D eigenvalue weighted by Gasteiger charge is 2.17. The van der Waals surface area contributed by atoms with Gasteiger partial charge in [-0.2, -0.15) is 0 Å². The number of benzene rings is 1. The van der Waals surface area contributed by atoms with Crippen molar-refractivity contribution in [2.45, 2.75) is 25.4 Å². The number of nitrogen functional groups attached to an aromatic ring is 1. The molecule has 2 unspecified atom stereocenters. The molecular weight excluding hydrogens is 224 g/mol. The Hall–Kier alpha value is -1.87. The summed E-state index contributed by atoms with van der Waals surface area (Å²) < 4.78 is 0. The normalized spacial score (nSPS) is 14.1. The van der Waals surface area contributed by atoms with Crippen LogP contribution in [0.2, 0.25) is 0 Å². The zero-order valence-corrected chi connectivity index (χ0v) is 10.5. The fourth-order valence-electron chi connectivity index (χ4n) is 2.00. The number of hydrogen-bond acceptors (Lipinski definition) is 3. The van der Waals surface area contributed by atoms with Crippen molar-refractivity contribution in [2.75, 3.05) is 5.73 Å². The van der Waals surface area contributed by atoms with Crippen LogP contribution in [-0.4, -0.2) is 16.2 Å². The van der Waals surface area contributed by atoms with Crippen LogP contribution in [-0.2, 0) is 6.42 Å². The Balaban J connectivity index is 2.09. The minimum Gasteiger partial charge on any atom is -0.392 e. The molecule has 1 aromatic heterocycles. The van der Waals surface area contributed by atoms with Crippen molar-refractivity contribution >= 4 is 5.82 Å². The van der Waals surface area contributed by atoms with Gasteiger partial charge < -0.3 is 10.8 Å². The van der Waals surface area contributed by atoms with Gasteiger partial charge in [0.25, 0.3) is 0 Å². The Morgan fingerprint density at radius 3 is 2.56 bits per heavy atom. The van der Waals surface area contributed by atoms with Crippen molar-refractivity contribution in [1.82, 2.24) is 4.98 Å². The van der Waals surface area contributed by atoms with E-state index in [1.807, 2.05) is 49.4 Å². The van der Waals surface area contributed by atoms with Gasteiger partial charge >= 0.3 is 0 Å². The topological polar surface area (TPSA) is 59.1 Å². The molecule has 2 aromatic rings. The van der Waals surface area contributed by atoms with Crippen molar-refractivity contribution in [3.05, 3.63) is 59.8 Å². The number of anilines is 1. The Kier molecular flexibility index (Phi) is 3.95. The lowest BCUT2D eigenvalue weighted by atomic mass is 9.91. The minimum absolute atomic E-state index is 0.0748. The van der Waals surface area contributed by atoms with Gasteiger partial charge in [0.05, 0.1) is 6.10 Å². The lowest BCUT2D eigenvalue weighted by Gasteiger charge is -2.19. The largest absolute Gasteiger partial charge is 0.392 e. The molecule has 0 aliphatic carbocycles. The van der Waals surface area contributed by atoms with Gasteiger partial charge in [0.1, 0.15) is 5.82 Å². The van der Waals surface area contributed by atoms with Crippen molar-refractivity contribution in [1.29, 1.82) is 0 Å². The Morgan fingerprint density at radius 2 is 1.89 bits per heavy atom. The summed E-state index contributed by atoms with van der Waals surface area (Å²) in [5.41, 5.74) is 7.81. The molecule has 1 aromatic carbocycles. The van der Waals surface area contributed by atoms with Gasteiger partial charge in [-0.05, 0) is 17.2 Å². The van der Waals surface area contributed by atoms with E-state index in [9.17, 15) is 5.11 Å². The summed E-state index contributed by atoms with van der Waals surface area (Å²) in [7, 11) is 0. The second-order valence-corrected chi connectivity index (χ2v) is 4.52. The van der Waals surface area contributed by atoms with E-state index < -0.39 is 6.10 Å². The molecule has 3 heteroatoms. The molecule has 0 aliphatic rings. The summed E-state index contributed by atoms with van der Waals surface area (Å²) in [6.07, 6.45) is 1.72. The van der Waals surface area contributed by atoms with Crippen LogP contribution in [0.15, 0.2) is 48.7 Å². The summed E-state index contributed by atoms with van der Waals surface area (Å²) in [6, 6.07) is 13.7. The number of rotatable bonds is 4. The number of nitrogens with zero attached hydrogens (tertiary/aromatic N) is 1. The van der Waals surface area contributed by atoms with Gasteiger partial charge in [0, 0.05) is 18.5 Å². The Bertz CT molecular complexity index is 499. The predicted octanol–water partition coefficient (Wildman–Crippen LogP) is 2.37. The molecule has 3 N–H and O–H groups in total. The minimum atomic E-state index is -0.459. The summed E-state index contributed by atoms with van der Waals surface area (Å²) >= 11 is 0.